The first kappa shape index (κ1) is 22.8. The highest BCUT2D eigenvalue weighted by Crippen LogP contribution is 2.54. The fourth-order valence-corrected chi connectivity index (χ4v) is 5.12. The second-order valence-corrected chi connectivity index (χ2v) is 9.27. The summed E-state index contributed by atoms with van der Waals surface area (Å²) in [6, 6.07) is 3.11. The van der Waals surface area contributed by atoms with Crippen molar-refractivity contribution < 1.29 is 28.0 Å². The van der Waals surface area contributed by atoms with Crippen molar-refractivity contribution in [3.8, 4) is 12.3 Å². The summed E-state index contributed by atoms with van der Waals surface area (Å²) < 4.78 is 28.5. The molecular weight excluding hydrogens is 462 g/mol. The molecule has 10 nitrogen and oxygen atoms in total. The largest absolute Gasteiger partial charge is 0.396 e. The minimum Gasteiger partial charge on any atom is -0.396 e. The summed E-state index contributed by atoms with van der Waals surface area (Å²) in [6.45, 7) is 1.52. The molecule has 1 amide bonds. The number of aromatic nitrogens is 2. The number of nitrogens with two attached hydrogens (primary N) is 2. The van der Waals surface area contributed by atoms with Crippen LogP contribution >= 0.6 is 0 Å². The number of Topliss-reactive ketones (excluding diaryl/α,β-unsaturated/α-hetero) is 1. The van der Waals surface area contributed by atoms with Crippen molar-refractivity contribution in [1.82, 2.24) is 14.9 Å². The van der Waals surface area contributed by atoms with Crippen LogP contribution in [0, 0.1) is 25.2 Å². The molecule has 2 fully saturated rings. The molecule has 2 aromatic heterocycles. The van der Waals surface area contributed by atoms with E-state index in [1.54, 1.807) is 10.6 Å². The summed E-state index contributed by atoms with van der Waals surface area (Å²) in [5.74, 6) is 2.36. The third-order valence-corrected chi connectivity index (χ3v) is 6.81. The van der Waals surface area contributed by atoms with Gasteiger partial charge in [0.25, 0.3) is 17.6 Å². The number of hydrogen-bond donors (Lipinski definition) is 3. The zero-order valence-corrected chi connectivity index (χ0v) is 18.7. The Kier molecular flexibility index (Phi) is 4.89. The Bertz CT molecular complexity index is 1320. The van der Waals surface area contributed by atoms with Gasteiger partial charge in [-0.25, -0.2) is 24.4 Å². The SMILES string of the molecule is C#CC1(NC(=O)C(=O)c2c(C)c(C(=O)ON(N)c3ncccc3N)n3c2CC2CC23)CC(F)(F)C1. The van der Waals surface area contributed by atoms with E-state index in [0.717, 1.165) is 6.42 Å². The Morgan fingerprint density at radius 3 is 2.71 bits per heavy atom. The lowest BCUT2D eigenvalue weighted by atomic mass is 9.74. The van der Waals surface area contributed by atoms with Crippen LogP contribution in [0.25, 0.3) is 0 Å². The number of amides is 1. The van der Waals surface area contributed by atoms with E-state index in [9.17, 15) is 23.2 Å². The number of halogens is 2. The van der Waals surface area contributed by atoms with E-state index in [0.29, 0.717) is 17.3 Å². The molecule has 2 aromatic rings. The molecule has 3 heterocycles. The summed E-state index contributed by atoms with van der Waals surface area (Å²) in [6.07, 6.45) is 6.61. The number of hydrogen-bond acceptors (Lipinski definition) is 8. The molecule has 5 N–H and O–H groups in total. The van der Waals surface area contributed by atoms with Crippen LogP contribution in [0.15, 0.2) is 18.3 Å². The Labute approximate surface area is 198 Å². The van der Waals surface area contributed by atoms with Crippen LogP contribution in [0.1, 0.15) is 57.4 Å². The van der Waals surface area contributed by atoms with Gasteiger partial charge in [-0.15, -0.1) is 11.6 Å². The van der Waals surface area contributed by atoms with Gasteiger partial charge in [-0.05, 0) is 43.4 Å². The van der Waals surface area contributed by atoms with Crippen LogP contribution in [0.2, 0.25) is 0 Å². The van der Waals surface area contributed by atoms with Crippen molar-refractivity contribution in [2.45, 2.75) is 50.1 Å². The fraction of sp³-hybridized carbons (Fsp3) is 0.391. The van der Waals surface area contributed by atoms with Crippen LogP contribution in [0.4, 0.5) is 20.3 Å². The minimum absolute atomic E-state index is 0.00983. The van der Waals surface area contributed by atoms with Crippen molar-refractivity contribution in [3.63, 3.8) is 0 Å². The maximum absolute atomic E-state index is 13.4. The smallest absolute Gasteiger partial charge is 0.381 e. The van der Waals surface area contributed by atoms with Crippen LogP contribution in [-0.2, 0) is 16.1 Å². The number of rotatable bonds is 6. The molecular formula is C23H22F2N6O4. The van der Waals surface area contributed by atoms with Crippen LogP contribution in [0.5, 0.6) is 0 Å². The number of nitrogens with one attached hydrogen (secondary N) is 1. The van der Waals surface area contributed by atoms with Crippen molar-refractivity contribution in [1.29, 1.82) is 0 Å². The number of anilines is 2. The maximum atomic E-state index is 13.4. The lowest BCUT2D eigenvalue weighted by Gasteiger charge is -2.43. The van der Waals surface area contributed by atoms with Gasteiger partial charge in [-0.2, -0.15) is 0 Å². The van der Waals surface area contributed by atoms with Crippen LogP contribution in [0.3, 0.4) is 0 Å². The molecule has 0 spiro atoms. The second-order valence-electron chi connectivity index (χ2n) is 9.27. The number of carbonyl (C=O) groups excluding carboxylic acids is 3. The summed E-state index contributed by atoms with van der Waals surface area (Å²) in [7, 11) is 0. The van der Waals surface area contributed by atoms with Gasteiger partial charge in [0.15, 0.2) is 0 Å². The van der Waals surface area contributed by atoms with Gasteiger partial charge in [0, 0.05) is 30.8 Å². The number of nitrogen functional groups attached to an aromatic ring is 1. The molecule has 5 rings (SSSR count). The lowest BCUT2D eigenvalue weighted by Crippen LogP contribution is -2.62. The maximum Gasteiger partial charge on any atom is 0.381 e. The minimum atomic E-state index is -3.00. The van der Waals surface area contributed by atoms with Crippen LogP contribution < -0.4 is 22.1 Å². The molecule has 2 unspecified atom stereocenters. The number of terminal acetylenes is 1. The van der Waals surface area contributed by atoms with E-state index in [2.05, 4.69) is 16.2 Å². The van der Waals surface area contributed by atoms with Crippen LogP contribution in [-0.4, -0.2) is 38.7 Å². The van der Waals surface area contributed by atoms with Gasteiger partial charge in [0.2, 0.25) is 5.82 Å². The Morgan fingerprint density at radius 2 is 2.09 bits per heavy atom. The second kappa shape index (κ2) is 7.51. The molecule has 12 heteroatoms. The molecule has 2 aliphatic carbocycles. The van der Waals surface area contributed by atoms with E-state index >= 15 is 0 Å². The Morgan fingerprint density at radius 1 is 1.37 bits per heavy atom. The number of nitrogens with zero attached hydrogens (tertiary/aromatic N) is 3. The van der Waals surface area contributed by atoms with Gasteiger partial charge in [-0.1, -0.05) is 5.92 Å². The van der Waals surface area contributed by atoms with Gasteiger partial charge in [-0.3, -0.25) is 9.59 Å². The summed E-state index contributed by atoms with van der Waals surface area (Å²) >= 11 is 0. The first-order chi connectivity index (χ1) is 16.5. The molecule has 0 radical (unpaired) electrons. The van der Waals surface area contributed by atoms with E-state index in [-0.39, 0.29) is 40.3 Å². The predicted octanol–water partition coefficient (Wildman–Crippen LogP) is 1.44. The third kappa shape index (κ3) is 3.59. The number of pyridine rings is 1. The number of alkyl halides is 2. The third-order valence-electron chi connectivity index (χ3n) is 6.81. The number of fused-ring (bicyclic) bond motifs is 3. The summed E-state index contributed by atoms with van der Waals surface area (Å²) in [5, 5.41) is 2.93. The first-order valence-electron chi connectivity index (χ1n) is 10.9. The zero-order valence-electron chi connectivity index (χ0n) is 18.7. The average Bonchev–Trinajstić information content (AvgIpc) is 3.35. The highest BCUT2D eigenvalue weighted by atomic mass is 19.3. The van der Waals surface area contributed by atoms with E-state index < -0.39 is 42.0 Å². The highest BCUT2D eigenvalue weighted by Gasteiger charge is 2.57. The van der Waals surface area contributed by atoms with Gasteiger partial charge in [0.1, 0.15) is 11.2 Å². The zero-order chi connectivity index (χ0) is 25.3. The molecule has 182 valence electrons. The Hall–Kier alpha value is -3.98. The summed E-state index contributed by atoms with van der Waals surface area (Å²) in [4.78, 5) is 48.3. The summed E-state index contributed by atoms with van der Waals surface area (Å²) in [5.41, 5.74) is 5.29. The standard InChI is InChI=1S/C23H22F2N6O4/c1-3-22(9-23(24,25)10-22)29-20(33)18(32)16-11(2)17(30-14-7-12(14)8-15(16)30)21(34)35-31(27)19-13(26)5-4-6-28-19/h1,4-6,12,14H,7-10,26-27H2,2H3,(H,29,33). The molecule has 1 aliphatic heterocycles. The van der Waals surface area contributed by atoms with Crippen molar-refractivity contribution in [3.05, 3.63) is 40.8 Å². The molecule has 2 saturated carbocycles. The van der Waals surface area contributed by atoms with E-state index in [4.69, 9.17) is 22.8 Å². The van der Waals surface area contributed by atoms with Gasteiger partial charge in [0.05, 0.1) is 11.3 Å². The van der Waals surface area contributed by atoms with Gasteiger partial charge >= 0.3 is 5.97 Å². The molecule has 0 bridgehead atoms. The lowest BCUT2D eigenvalue weighted by molar-refractivity contribution is -0.133. The quantitative estimate of drug-likeness (QED) is 0.184. The highest BCUT2D eigenvalue weighted by molar-refractivity contribution is 6.44. The molecule has 35 heavy (non-hydrogen) atoms. The molecule has 0 saturated heterocycles. The molecule has 0 aromatic carbocycles. The van der Waals surface area contributed by atoms with E-state index in [1.165, 1.54) is 19.2 Å². The first-order valence-corrected chi connectivity index (χ1v) is 10.9. The van der Waals surface area contributed by atoms with E-state index in [1.807, 2.05) is 0 Å². The number of hydrazine groups is 1. The monoisotopic (exact) mass is 484 g/mol. The van der Waals surface area contributed by atoms with Crippen molar-refractivity contribution in [2.24, 2.45) is 11.8 Å². The Balaban J connectivity index is 1.43. The number of ketones is 1. The van der Waals surface area contributed by atoms with Gasteiger partial charge < -0.3 is 20.5 Å². The topological polar surface area (TPSA) is 146 Å². The molecule has 2 atom stereocenters. The number of carbonyl (C=O) groups is 3. The average molecular weight is 484 g/mol. The normalized spacial score (nSPS) is 22.1. The fourth-order valence-electron chi connectivity index (χ4n) is 5.12. The van der Waals surface area contributed by atoms with Crippen molar-refractivity contribution >= 4 is 29.2 Å². The predicted molar refractivity (Wildman–Crippen MR) is 119 cm³/mol. The molecule has 3 aliphatic rings. The van der Waals surface area contributed by atoms with Crippen molar-refractivity contribution in [2.75, 3.05) is 10.9 Å².